The lowest BCUT2D eigenvalue weighted by Crippen LogP contribution is -2.33. The molecule has 1 aliphatic rings. The standard InChI is InChI=1S/C9H16N2S/c1-2-9(11-7-12)8-3-5-10-6-4-8/h8-10H,2-6H2,1H3. The monoisotopic (exact) mass is 184 g/mol. The van der Waals surface area contributed by atoms with Crippen molar-refractivity contribution in [3.63, 3.8) is 0 Å². The van der Waals surface area contributed by atoms with Crippen LogP contribution in [0.3, 0.4) is 0 Å². The summed E-state index contributed by atoms with van der Waals surface area (Å²) < 4.78 is 0. The highest BCUT2D eigenvalue weighted by Crippen LogP contribution is 2.20. The van der Waals surface area contributed by atoms with Crippen molar-refractivity contribution in [3.8, 4) is 0 Å². The molecule has 68 valence electrons. The van der Waals surface area contributed by atoms with Gasteiger partial charge in [0.05, 0.1) is 11.2 Å². The molecule has 0 amide bonds. The summed E-state index contributed by atoms with van der Waals surface area (Å²) >= 11 is 4.63. The fraction of sp³-hybridized carbons (Fsp3) is 0.889. The molecule has 0 radical (unpaired) electrons. The molecule has 0 spiro atoms. The van der Waals surface area contributed by atoms with E-state index in [1.54, 1.807) is 0 Å². The second kappa shape index (κ2) is 5.41. The minimum absolute atomic E-state index is 0.421. The highest BCUT2D eigenvalue weighted by molar-refractivity contribution is 7.78. The summed E-state index contributed by atoms with van der Waals surface area (Å²) in [5, 5.41) is 5.85. The summed E-state index contributed by atoms with van der Waals surface area (Å²) in [4.78, 5) is 4.20. The number of nitrogens with zero attached hydrogens (tertiary/aromatic N) is 1. The predicted octanol–water partition coefficient (Wildman–Crippen LogP) is 1.87. The molecule has 1 unspecified atom stereocenters. The fourth-order valence-electron chi connectivity index (χ4n) is 1.83. The van der Waals surface area contributed by atoms with Crippen LogP contribution in [0.25, 0.3) is 0 Å². The lowest BCUT2D eigenvalue weighted by atomic mass is 9.89. The lowest BCUT2D eigenvalue weighted by Gasteiger charge is -2.26. The Morgan fingerprint density at radius 1 is 1.58 bits per heavy atom. The van der Waals surface area contributed by atoms with E-state index < -0.39 is 0 Å². The first kappa shape index (κ1) is 9.85. The number of hydrogen-bond acceptors (Lipinski definition) is 3. The van der Waals surface area contributed by atoms with Gasteiger partial charge in [0, 0.05) is 0 Å². The van der Waals surface area contributed by atoms with E-state index in [9.17, 15) is 0 Å². The molecule has 2 nitrogen and oxygen atoms in total. The second-order valence-electron chi connectivity index (χ2n) is 3.28. The molecule has 0 aromatic heterocycles. The number of isothiocyanates is 1. The summed E-state index contributed by atoms with van der Waals surface area (Å²) in [5.74, 6) is 0.728. The van der Waals surface area contributed by atoms with Gasteiger partial charge in [-0.3, -0.25) is 0 Å². The summed E-state index contributed by atoms with van der Waals surface area (Å²) in [7, 11) is 0. The van der Waals surface area contributed by atoms with Crippen LogP contribution in [0.5, 0.6) is 0 Å². The molecule has 1 atom stereocenters. The number of hydrogen-bond donors (Lipinski definition) is 1. The first-order chi connectivity index (χ1) is 5.88. The van der Waals surface area contributed by atoms with Crippen LogP contribution in [0.1, 0.15) is 26.2 Å². The van der Waals surface area contributed by atoms with Crippen LogP contribution in [0, 0.1) is 5.92 Å². The van der Waals surface area contributed by atoms with Crippen LogP contribution in [0.2, 0.25) is 0 Å². The van der Waals surface area contributed by atoms with Crippen molar-refractivity contribution >= 4 is 17.4 Å². The largest absolute Gasteiger partial charge is 0.317 e. The summed E-state index contributed by atoms with van der Waals surface area (Å²) in [6.45, 7) is 4.44. The molecule has 0 saturated carbocycles. The van der Waals surface area contributed by atoms with E-state index in [0.717, 1.165) is 25.4 Å². The van der Waals surface area contributed by atoms with Crippen LogP contribution in [-0.2, 0) is 0 Å². The Kier molecular flexibility index (Phi) is 4.44. The van der Waals surface area contributed by atoms with Crippen LogP contribution in [-0.4, -0.2) is 24.3 Å². The second-order valence-corrected chi connectivity index (χ2v) is 3.47. The van der Waals surface area contributed by atoms with Gasteiger partial charge in [0.25, 0.3) is 0 Å². The molecule has 3 heteroatoms. The minimum Gasteiger partial charge on any atom is -0.317 e. The first-order valence-corrected chi connectivity index (χ1v) is 5.07. The van der Waals surface area contributed by atoms with Crippen molar-refractivity contribution < 1.29 is 0 Å². The Labute approximate surface area is 79.5 Å². The smallest absolute Gasteiger partial charge is 0.0629 e. The van der Waals surface area contributed by atoms with E-state index in [-0.39, 0.29) is 0 Å². The molecule has 12 heavy (non-hydrogen) atoms. The van der Waals surface area contributed by atoms with Gasteiger partial charge in [0.2, 0.25) is 0 Å². The maximum Gasteiger partial charge on any atom is 0.0629 e. The fourth-order valence-corrected chi connectivity index (χ4v) is 1.96. The molecule has 0 aromatic carbocycles. The average molecular weight is 184 g/mol. The zero-order valence-corrected chi connectivity index (χ0v) is 8.36. The van der Waals surface area contributed by atoms with Crippen LogP contribution in [0.4, 0.5) is 0 Å². The van der Waals surface area contributed by atoms with Gasteiger partial charge in [-0.05, 0) is 50.5 Å². The molecule has 1 aliphatic heterocycles. The van der Waals surface area contributed by atoms with Crippen molar-refractivity contribution in [3.05, 3.63) is 0 Å². The van der Waals surface area contributed by atoms with Gasteiger partial charge in [-0.2, -0.15) is 0 Å². The van der Waals surface area contributed by atoms with E-state index in [1.807, 2.05) is 0 Å². The van der Waals surface area contributed by atoms with E-state index in [4.69, 9.17) is 0 Å². The molecule has 0 aliphatic carbocycles. The first-order valence-electron chi connectivity index (χ1n) is 4.66. The molecule has 1 N–H and O–H groups in total. The Hall–Kier alpha value is -0.240. The molecule has 0 aromatic rings. The number of rotatable bonds is 3. The number of aliphatic imine (C=N–C) groups is 1. The third-order valence-electron chi connectivity index (χ3n) is 2.56. The molecule has 1 fully saturated rings. The molecule has 1 saturated heterocycles. The topological polar surface area (TPSA) is 24.4 Å². The number of nitrogens with one attached hydrogen (secondary N) is 1. The summed E-state index contributed by atoms with van der Waals surface area (Å²) in [6, 6.07) is 0.421. The van der Waals surface area contributed by atoms with Crippen molar-refractivity contribution in [2.45, 2.75) is 32.2 Å². The zero-order chi connectivity index (χ0) is 8.81. The van der Waals surface area contributed by atoms with Crippen LogP contribution >= 0.6 is 12.2 Å². The zero-order valence-electron chi connectivity index (χ0n) is 7.55. The molecule has 1 heterocycles. The Morgan fingerprint density at radius 2 is 2.25 bits per heavy atom. The van der Waals surface area contributed by atoms with E-state index in [2.05, 4.69) is 34.6 Å². The van der Waals surface area contributed by atoms with Crippen molar-refractivity contribution in [2.24, 2.45) is 10.9 Å². The number of thiocarbonyl (C=S) groups is 1. The van der Waals surface area contributed by atoms with E-state index in [0.29, 0.717) is 6.04 Å². The van der Waals surface area contributed by atoms with Crippen molar-refractivity contribution in [1.82, 2.24) is 5.32 Å². The molecular weight excluding hydrogens is 168 g/mol. The SMILES string of the molecule is CCC(N=C=S)C1CCNCC1. The summed E-state index contributed by atoms with van der Waals surface area (Å²) in [5.41, 5.74) is 0. The van der Waals surface area contributed by atoms with Gasteiger partial charge in [0.15, 0.2) is 0 Å². The van der Waals surface area contributed by atoms with Gasteiger partial charge in [-0.15, -0.1) is 0 Å². The van der Waals surface area contributed by atoms with E-state index >= 15 is 0 Å². The summed E-state index contributed by atoms with van der Waals surface area (Å²) in [6.07, 6.45) is 3.56. The quantitative estimate of drug-likeness (QED) is 0.535. The highest BCUT2D eigenvalue weighted by atomic mass is 32.1. The third-order valence-corrected chi connectivity index (χ3v) is 2.67. The number of piperidine rings is 1. The van der Waals surface area contributed by atoms with Gasteiger partial charge < -0.3 is 5.32 Å². The highest BCUT2D eigenvalue weighted by Gasteiger charge is 2.20. The van der Waals surface area contributed by atoms with Crippen LogP contribution in [0.15, 0.2) is 4.99 Å². The Bertz CT molecular complexity index is 169. The minimum atomic E-state index is 0.421. The van der Waals surface area contributed by atoms with Gasteiger partial charge in [0.1, 0.15) is 0 Å². The average Bonchev–Trinajstić information content (AvgIpc) is 2.15. The maximum atomic E-state index is 4.63. The third kappa shape index (κ3) is 2.67. The van der Waals surface area contributed by atoms with Crippen LogP contribution < -0.4 is 5.32 Å². The Balaban J connectivity index is 2.45. The maximum absolute atomic E-state index is 4.63. The Morgan fingerprint density at radius 3 is 2.75 bits per heavy atom. The van der Waals surface area contributed by atoms with Gasteiger partial charge in [-0.1, -0.05) is 6.92 Å². The predicted molar refractivity (Wildman–Crippen MR) is 54.7 cm³/mol. The molecular formula is C9H16N2S. The van der Waals surface area contributed by atoms with Crippen molar-refractivity contribution in [2.75, 3.05) is 13.1 Å². The molecule has 1 rings (SSSR count). The molecule has 0 bridgehead atoms. The van der Waals surface area contributed by atoms with Crippen molar-refractivity contribution in [1.29, 1.82) is 0 Å². The normalized spacial score (nSPS) is 21.4. The van der Waals surface area contributed by atoms with E-state index in [1.165, 1.54) is 12.8 Å². The van der Waals surface area contributed by atoms with Gasteiger partial charge >= 0.3 is 0 Å². The van der Waals surface area contributed by atoms with Gasteiger partial charge in [-0.25, -0.2) is 4.99 Å². The lowest BCUT2D eigenvalue weighted by molar-refractivity contribution is 0.315.